The Hall–Kier alpha value is -3.35. The van der Waals surface area contributed by atoms with Gasteiger partial charge in [0.2, 0.25) is 11.8 Å². The number of hydrogen-bond acceptors (Lipinski definition) is 4. The summed E-state index contributed by atoms with van der Waals surface area (Å²) in [7, 11) is 1.60. The lowest BCUT2D eigenvalue weighted by molar-refractivity contribution is -0.121. The van der Waals surface area contributed by atoms with Crippen molar-refractivity contribution >= 4 is 5.91 Å². The van der Waals surface area contributed by atoms with Gasteiger partial charge in [0.15, 0.2) is 0 Å². The van der Waals surface area contributed by atoms with Gasteiger partial charge in [0.05, 0.1) is 18.5 Å². The number of aryl methyl sites for hydroxylation is 1. The number of nitrogens with zero attached hydrogens (tertiary/aromatic N) is 2. The average Bonchev–Trinajstić information content (AvgIpc) is 3.51. The van der Waals surface area contributed by atoms with Crippen LogP contribution in [0.4, 0.5) is 4.39 Å². The summed E-state index contributed by atoms with van der Waals surface area (Å²) in [4.78, 5) is 12.2. The molecule has 1 aliphatic rings. The van der Waals surface area contributed by atoms with Gasteiger partial charge in [-0.1, -0.05) is 0 Å². The zero-order valence-electron chi connectivity index (χ0n) is 17.0. The molecule has 0 atom stereocenters. The minimum Gasteiger partial charge on any atom is -0.497 e. The largest absolute Gasteiger partial charge is 0.497 e. The Bertz CT molecular complexity index is 1030. The Morgan fingerprint density at radius 3 is 2.43 bits per heavy atom. The third-order valence-electron chi connectivity index (χ3n) is 5.03. The highest BCUT2D eigenvalue weighted by Gasteiger charge is 2.24. The highest BCUT2D eigenvalue weighted by Crippen LogP contribution is 2.32. The highest BCUT2D eigenvalue weighted by molar-refractivity contribution is 5.77. The molecule has 6 nitrogen and oxygen atoms in total. The molecule has 1 fully saturated rings. The fourth-order valence-corrected chi connectivity index (χ4v) is 3.21. The number of carbonyl (C=O) groups excluding carboxylic acids is 1. The van der Waals surface area contributed by atoms with E-state index in [9.17, 15) is 9.18 Å². The molecule has 0 aliphatic heterocycles. The van der Waals surface area contributed by atoms with Crippen LogP contribution in [-0.2, 0) is 11.2 Å². The van der Waals surface area contributed by atoms with Crippen LogP contribution in [0.3, 0.4) is 0 Å². The van der Waals surface area contributed by atoms with Crippen molar-refractivity contribution in [3.8, 4) is 23.1 Å². The number of nitrogens with one attached hydrogen (secondary N) is 1. The van der Waals surface area contributed by atoms with Crippen LogP contribution in [0.15, 0.2) is 48.5 Å². The second-order valence-electron chi connectivity index (χ2n) is 7.38. The van der Waals surface area contributed by atoms with E-state index in [2.05, 4.69) is 10.4 Å². The molecule has 0 saturated heterocycles. The van der Waals surface area contributed by atoms with Gasteiger partial charge in [0.1, 0.15) is 17.3 Å². The molecule has 0 spiro atoms. The first-order valence-corrected chi connectivity index (χ1v) is 9.99. The van der Waals surface area contributed by atoms with E-state index in [0.717, 1.165) is 29.8 Å². The number of carbonyl (C=O) groups is 1. The second kappa shape index (κ2) is 8.57. The number of benzene rings is 2. The Kier molecular flexibility index (Phi) is 5.70. The summed E-state index contributed by atoms with van der Waals surface area (Å²) in [5.74, 6) is 1.56. The molecule has 1 N–H and O–H groups in total. The molecule has 0 unspecified atom stereocenters. The van der Waals surface area contributed by atoms with Gasteiger partial charge in [0, 0.05) is 18.0 Å². The predicted octanol–water partition coefficient (Wildman–Crippen LogP) is 4.33. The van der Waals surface area contributed by atoms with Gasteiger partial charge in [-0.05, 0) is 74.7 Å². The van der Waals surface area contributed by atoms with Crippen molar-refractivity contribution in [1.29, 1.82) is 0 Å². The number of aromatic nitrogens is 2. The molecule has 1 amide bonds. The molecule has 1 heterocycles. The van der Waals surface area contributed by atoms with E-state index < -0.39 is 0 Å². The molecule has 30 heavy (non-hydrogen) atoms. The van der Waals surface area contributed by atoms with Crippen molar-refractivity contribution in [1.82, 2.24) is 15.1 Å². The molecule has 2 aromatic carbocycles. The zero-order valence-corrected chi connectivity index (χ0v) is 17.0. The normalized spacial score (nSPS) is 13.2. The highest BCUT2D eigenvalue weighted by atomic mass is 19.1. The Labute approximate surface area is 174 Å². The molecule has 156 valence electrons. The second-order valence-corrected chi connectivity index (χ2v) is 7.38. The van der Waals surface area contributed by atoms with Crippen LogP contribution in [0.1, 0.15) is 30.5 Å². The van der Waals surface area contributed by atoms with Crippen LogP contribution in [0, 0.1) is 12.7 Å². The van der Waals surface area contributed by atoms with Crippen LogP contribution >= 0.6 is 0 Å². The van der Waals surface area contributed by atoms with Crippen molar-refractivity contribution in [2.45, 2.75) is 38.6 Å². The van der Waals surface area contributed by atoms with Gasteiger partial charge in [-0.2, -0.15) is 5.10 Å². The summed E-state index contributed by atoms with van der Waals surface area (Å²) >= 11 is 0. The Balaban J connectivity index is 1.64. The van der Waals surface area contributed by atoms with Crippen molar-refractivity contribution < 1.29 is 18.7 Å². The van der Waals surface area contributed by atoms with Crippen molar-refractivity contribution in [2.24, 2.45) is 0 Å². The predicted molar refractivity (Wildman–Crippen MR) is 111 cm³/mol. The van der Waals surface area contributed by atoms with Crippen LogP contribution in [0.2, 0.25) is 0 Å². The molecule has 0 radical (unpaired) electrons. The van der Waals surface area contributed by atoms with Gasteiger partial charge >= 0.3 is 0 Å². The first-order chi connectivity index (χ1) is 14.5. The Morgan fingerprint density at radius 1 is 1.13 bits per heavy atom. The molecular formula is C23H24FN3O3. The van der Waals surface area contributed by atoms with Gasteiger partial charge in [-0.25, -0.2) is 9.07 Å². The van der Waals surface area contributed by atoms with Gasteiger partial charge in [0.25, 0.3) is 0 Å². The van der Waals surface area contributed by atoms with E-state index in [1.165, 1.54) is 12.1 Å². The molecule has 1 aliphatic carbocycles. The van der Waals surface area contributed by atoms with E-state index in [-0.39, 0.29) is 11.7 Å². The van der Waals surface area contributed by atoms with Gasteiger partial charge < -0.3 is 14.8 Å². The van der Waals surface area contributed by atoms with E-state index in [0.29, 0.717) is 36.2 Å². The molecule has 4 rings (SSSR count). The summed E-state index contributed by atoms with van der Waals surface area (Å²) < 4.78 is 26.4. The van der Waals surface area contributed by atoms with Crippen LogP contribution in [0.5, 0.6) is 17.4 Å². The van der Waals surface area contributed by atoms with Crippen LogP contribution in [-0.4, -0.2) is 28.8 Å². The zero-order chi connectivity index (χ0) is 21.1. The monoisotopic (exact) mass is 409 g/mol. The quantitative estimate of drug-likeness (QED) is 0.601. The summed E-state index contributed by atoms with van der Waals surface area (Å²) in [5, 5.41) is 7.61. The van der Waals surface area contributed by atoms with E-state index in [1.54, 1.807) is 36.1 Å². The minimum absolute atomic E-state index is 0.0295. The maximum Gasteiger partial charge on any atom is 0.226 e. The lowest BCUT2D eigenvalue weighted by Crippen LogP contribution is -2.25. The summed E-state index contributed by atoms with van der Waals surface area (Å²) in [5.41, 5.74) is 2.29. The van der Waals surface area contributed by atoms with Gasteiger partial charge in [-0.15, -0.1) is 0 Å². The molecule has 0 bridgehead atoms. The molecular weight excluding hydrogens is 385 g/mol. The van der Waals surface area contributed by atoms with Crippen molar-refractivity contribution in [3.05, 3.63) is 65.6 Å². The lowest BCUT2D eigenvalue weighted by Gasteiger charge is -2.12. The van der Waals surface area contributed by atoms with Crippen LogP contribution in [0.25, 0.3) is 5.69 Å². The fourth-order valence-electron chi connectivity index (χ4n) is 3.21. The number of methoxy groups -OCH3 is 1. The number of amides is 1. The maximum atomic E-state index is 13.4. The summed E-state index contributed by atoms with van der Waals surface area (Å²) in [6.07, 6.45) is 2.96. The maximum absolute atomic E-state index is 13.4. The number of rotatable bonds is 8. The fraction of sp³-hybridized carbons (Fsp3) is 0.304. The topological polar surface area (TPSA) is 65.4 Å². The third-order valence-corrected chi connectivity index (χ3v) is 5.03. The Morgan fingerprint density at radius 2 is 1.80 bits per heavy atom. The summed E-state index contributed by atoms with van der Waals surface area (Å²) in [6.45, 7) is 1.88. The first-order valence-electron chi connectivity index (χ1n) is 9.99. The van der Waals surface area contributed by atoms with Crippen LogP contribution < -0.4 is 14.8 Å². The minimum atomic E-state index is -0.322. The number of halogens is 1. The first kappa shape index (κ1) is 19.9. The lowest BCUT2D eigenvalue weighted by atomic mass is 10.1. The van der Waals surface area contributed by atoms with Crippen molar-refractivity contribution in [3.63, 3.8) is 0 Å². The molecule has 1 aromatic heterocycles. The molecule has 7 heteroatoms. The molecule has 1 saturated carbocycles. The smallest absolute Gasteiger partial charge is 0.226 e. The van der Waals surface area contributed by atoms with Gasteiger partial charge in [-0.3, -0.25) is 4.79 Å². The third kappa shape index (κ3) is 4.62. The van der Waals surface area contributed by atoms with E-state index in [4.69, 9.17) is 9.47 Å². The number of ether oxygens (including phenoxy) is 2. The van der Waals surface area contributed by atoms with E-state index in [1.807, 2.05) is 19.1 Å². The molecule has 3 aromatic rings. The number of hydrogen-bond donors (Lipinski definition) is 1. The van der Waals surface area contributed by atoms with Crippen molar-refractivity contribution in [2.75, 3.05) is 7.11 Å². The average molecular weight is 409 g/mol. The van der Waals surface area contributed by atoms with E-state index >= 15 is 0 Å². The SMILES string of the molecule is COc1ccc(Oc2c(CCC(=O)NC3CC3)c(C)nn2-c2ccc(F)cc2)cc1. The standard InChI is InChI=1S/C23H24FN3O3/c1-15-21(13-14-22(28)25-17-5-6-17)23(30-20-11-9-19(29-2)10-12-20)27(26-15)18-7-3-16(24)4-8-18/h3-4,7-12,17H,5-6,13-14H2,1-2H3,(H,25,28). The summed E-state index contributed by atoms with van der Waals surface area (Å²) in [6, 6.07) is 13.6.